The number of nitrogens with zero attached hydrogens (tertiary/aromatic N) is 4. The molecule has 0 atom stereocenters. The van der Waals surface area contributed by atoms with Gasteiger partial charge in [-0.3, -0.25) is 9.59 Å². The molecule has 8 nitrogen and oxygen atoms in total. The van der Waals surface area contributed by atoms with Crippen LogP contribution in [0, 0.1) is 0 Å². The molecule has 2 N–H and O–H groups in total. The number of unbranched alkanes of at least 4 members (excludes halogenated alkanes) is 5. The van der Waals surface area contributed by atoms with Crippen molar-refractivity contribution in [3.05, 3.63) is 60.2 Å². The van der Waals surface area contributed by atoms with E-state index in [1.807, 2.05) is 36.4 Å². The van der Waals surface area contributed by atoms with Crippen molar-refractivity contribution in [2.75, 3.05) is 0 Å². The van der Waals surface area contributed by atoms with Gasteiger partial charge in [-0.25, -0.2) is 9.97 Å². The van der Waals surface area contributed by atoms with Crippen LogP contribution in [0.5, 0.6) is 0 Å². The van der Waals surface area contributed by atoms with E-state index >= 15 is 0 Å². The third-order valence-corrected chi connectivity index (χ3v) is 7.38. The summed E-state index contributed by atoms with van der Waals surface area (Å²) in [6.45, 7) is 7.08. The largest absolute Gasteiger partial charge is 0.349 e. The Morgan fingerprint density at radius 1 is 0.625 bits per heavy atom. The van der Waals surface area contributed by atoms with Crippen LogP contribution in [-0.4, -0.2) is 30.9 Å². The Balaban J connectivity index is 1.13. The number of aromatic nitrogens is 4. The molecule has 2 aromatic heterocycles. The van der Waals surface area contributed by atoms with E-state index in [-0.39, 0.29) is 11.8 Å². The number of benzene rings is 2. The molecule has 214 valence electrons. The zero-order chi connectivity index (χ0) is 28.2. The van der Waals surface area contributed by atoms with Crippen LogP contribution in [0.1, 0.15) is 89.7 Å². The van der Waals surface area contributed by atoms with Crippen LogP contribution >= 0.6 is 0 Å². The van der Waals surface area contributed by atoms with E-state index in [4.69, 9.17) is 9.97 Å². The SMILES string of the molecule is CCCCn1c(CNC(=O)CCCCCCC(=O)NCc2nc3ccccc3n2CCCC)nc2ccccc21. The lowest BCUT2D eigenvalue weighted by Gasteiger charge is -2.10. The van der Waals surface area contributed by atoms with Crippen LogP contribution in [0.25, 0.3) is 22.1 Å². The minimum absolute atomic E-state index is 0.0535. The third-order valence-electron chi connectivity index (χ3n) is 7.38. The van der Waals surface area contributed by atoms with E-state index in [9.17, 15) is 9.59 Å². The molecule has 2 heterocycles. The molecule has 0 spiro atoms. The number of hydrogen-bond donors (Lipinski definition) is 2. The predicted molar refractivity (Wildman–Crippen MR) is 161 cm³/mol. The number of fused-ring (bicyclic) bond motifs is 2. The zero-order valence-electron chi connectivity index (χ0n) is 24.1. The molecule has 0 unspecified atom stereocenters. The normalized spacial score (nSPS) is 11.3. The number of carbonyl (C=O) groups is 2. The van der Waals surface area contributed by atoms with Crippen molar-refractivity contribution >= 4 is 33.9 Å². The quantitative estimate of drug-likeness (QED) is 0.153. The number of para-hydroxylation sites is 4. The Bertz CT molecular complexity index is 1280. The number of nitrogens with one attached hydrogen (secondary N) is 2. The van der Waals surface area contributed by atoms with Gasteiger partial charge in [-0.05, 0) is 49.9 Å². The number of rotatable bonds is 17. The van der Waals surface area contributed by atoms with Crippen molar-refractivity contribution in [3.8, 4) is 0 Å². The van der Waals surface area contributed by atoms with Gasteiger partial charge in [-0.1, -0.05) is 63.8 Å². The van der Waals surface area contributed by atoms with E-state index in [1.54, 1.807) is 0 Å². The van der Waals surface area contributed by atoms with Gasteiger partial charge in [0.05, 0.1) is 35.2 Å². The molecule has 0 aliphatic carbocycles. The average molecular weight is 545 g/mol. The summed E-state index contributed by atoms with van der Waals surface area (Å²) in [5, 5.41) is 6.10. The second-order valence-corrected chi connectivity index (χ2v) is 10.5. The summed E-state index contributed by atoms with van der Waals surface area (Å²) >= 11 is 0. The van der Waals surface area contributed by atoms with Gasteiger partial charge in [0.1, 0.15) is 11.6 Å². The fourth-order valence-electron chi connectivity index (χ4n) is 5.11. The van der Waals surface area contributed by atoms with E-state index in [2.05, 4.69) is 45.7 Å². The van der Waals surface area contributed by atoms with Gasteiger partial charge in [0.2, 0.25) is 11.8 Å². The van der Waals surface area contributed by atoms with Crippen molar-refractivity contribution < 1.29 is 9.59 Å². The second-order valence-electron chi connectivity index (χ2n) is 10.5. The van der Waals surface area contributed by atoms with E-state index in [0.717, 1.165) is 98.2 Å². The summed E-state index contributed by atoms with van der Waals surface area (Å²) in [7, 11) is 0. The van der Waals surface area contributed by atoms with Crippen molar-refractivity contribution in [2.45, 2.75) is 104 Å². The van der Waals surface area contributed by atoms with Gasteiger partial charge in [0.15, 0.2) is 0 Å². The minimum Gasteiger partial charge on any atom is -0.349 e. The van der Waals surface area contributed by atoms with Crippen LogP contribution in [0.3, 0.4) is 0 Å². The van der Waals surface area contributed by atoms with Gasteiger partial charge < -0.3 is 19.8 Å². The van der Waals surface area contributed by atoms with Gasteiger partial charge in [0.25, 0.3) is 0 Å². The topological polar surface area (TPSA) is 93.8 Å². The molecule has 0 radical (unpaired) electrons. The number of hydrogen-bond acceptors (Lipinski definition) is 4. The molecule has 4 rings (SSSR count). The van der Waals surface area contributed by atoms with Gasteiger partial charge in [-0.2, -0.15) is 0 Å². The molecule has 0 fully saturated rings. The maximum absolute atomic E-state index is 12.5. The highest BCUT2D eigenvalue weighted by Gasteiger charge is 2.13. The smallest absolute Gasteiger partial charge is 0.220 e. The molecule has 2 amide bonds. The molecule has 40 heavy (non-hydrogen) atoms. The first kappa shape index (κ1) is 29.3. The van der Waals surface area contributed by atoms with Gasteiger partial charge in [-0.15, -0.1) is 0 Å². The molecule has 2 aromatic carbocycles. The Labute approximate surface area is 237 Å². The van der Waals surface area contributed by atoms with Crippen LogP contribution in [0.4, 0.5) is 0 Å². The summed E-state index contributed by atoms with van der Waals surface area (Å²) in [4.78, 5) is 34.4. The number of carbonyl (C=O) groups excluding carboxylic acids is 2. The number of aryl methyl sites for hydroxylation is 2. The van der Waals surface area contributed by atoms with E-state index in [1.165, 1.54) is 0 Å². The van der Waals surface area contributed by atoms with Crippen LogP contribution in [-0.2, 0) is 35.8 Å². The highest BCUT2D eigenvalue weighted by atomic mass is 16.2. The number of amides is 2. The summed E-state index contributed by atoms with van der Waals surface area (Å²) in [5.74, 6) is 1.93. The maximum Gasteiger partial charge on any atom is 0.220 e. The predicted octanol–water partition coefficient (Wildman–Crippen LogP) is 6.26. The average Bonchev–Trinajstić information content (AvgIpc) is 3.51. The molecule has 8 heteroatoms. The molecule has 0 saturated heterocycles. The lowest BCUT2D eigenvalue weighted by molar-refractivity contribution is -0.122. The standard InChI is InChI=1S/C32H44N6O2/c1-3-5-21-37-27-17-13-11-15-25(27)35-29(37)23-33-31(39)19-9-7-8-10-20-32(40)34-24-30-36-26-16-12-14-18-28(26)38(30)22-6-4-2/h11-18H,3-10,19-24H2,1-2H3,(H,33,39)(H,34,40). The Morgan fingerprint density at radius 3 is 1.48 bits per heavy atom. The zero-order valence-corrected chi connectivity index (χ0v) is 24.1. The summed E-state index contributed by atoms with van der Waals surface area (Å²) in [6.07, 6.45) is 8.89. The first-order chi connectivity index (χ1) is 19.6. The van der Waals surface area contributed by atoms with E-state index < -0.39 is 0 Å². The lowest BCUT2D eigenvalue weighted by atomic mass is 10.1. The second kappa shape index (κ2) is 15.2. The molecular weight excluding hydrogens is 500 g/mol. The van der Waals surface area contributed by atoms with Crippen molar-refractivity contribution in [1.82, 2.24) is 29.7 Å². The van der Waals surface area contributed by atoms with E-state index in [0.29, 0.717) is 25.9 Å². The Kier molecular flexibility index (Phi) is 11.1. The van der Waals surface area contributed by atoms with Crippen molar-refractivity contribution in [2.24, 2.45) is 0 Å². The Hall–Kier alpha value is -3.68. The summed E-state index contributed by atoms with van der Waals surface area (Å²) < 4.78 is 4.45. The maximum atomic E-state index is 12.5. The lowest BCUT2D eigenvalue weighted by Crippen LogP contribution is -2.24. The van der Waals surface area contributed by atoms with Crippen LogP contribution in [0.15, 0.2) is 48.5 Å². The van der Waals surface area contributed by atoms with Gasteiger partial charge >= 0.3 is 0 Å². The molecule has 0 saturated carbocycles. The highest BCUT2D eigenvalue weighted by molar-refractivity contribution is 5.78. The van der Waals surface area contributed by atoms with Crippen LogP contribution < -0.4 is 10.6 Å². The summed E-state index contributed by atoms with van der Waals surface area (Å²) in [5.41, 5.74) is 4.20. The summed E-state index contributed by atoms with van der Waals surface area (Å²) in [6, 6.07) is 16.3. The highest BCUT2D eigenvalue weighted by Crippen LogP contribution is 2.18. The first-order valence-electron chi connectivity index (χ1n) is 15.0. The fourth-order valence-corrected chi connectivity index (χ4v) is 5.11. The molecular formula is C32H44N6O2. The fraction of sp³-hybridized carbons (Fsp3) is 0.500. The monoisotopic (exact) mass is 544 g/mol. The van der Waals surface area contributed by atoms with Crippen molar-refractivity contribution in [3.63, 3.8) is 0 Å². The molecule has 0 aliphatic rings. The van der Waals surface area contributed by atoms with Crippen molar-refractivity contribution in [1.29, 1.82) is 0 Å². The third kappa shape index (κ3) is 7.93. The molecule has 4 aromatic rings. The first-order valence-corrected chi connectivity index (χ1v) is 15.0. The Morgan fingerprint density at radius 2 is 1.05 bits per heavy atom. The molecule has 0 bridgehead atoms. The minimum atomic E-state index is 0.0535. The molecule has 0 aliphatic heterocycles. The number of imidazole rings is 2. The van der Waals surface area contributed by atoms with Crippen LogP contribution in [0.2, 0.25) is 0 Å². The van der Waals surface area contributed by atoms with Gasteiger partial charge in [0, 0.05) is 25.9 Å².